The van der Waals surface area contributed by atoms with E-state index in [1.165, 1.54) is 7.11 Å². The lowest BCUT2D eigenvalue weighted by Gasteiger charge is -2.11. The molecule has 1 atom stereocenters. The van der Waals surface area contributed by atoms with Crippen molar-refractivity contribution < 1.29 is 14.3 Å². The molecule has 0 aliphatic rings. The molecule has 0 fully saturated rings. The fourth-order valence-corrected chi connectivity index (χ4v) is 1.36. The maximum atomic E-state index is 11.0. The van der Waals surface area contributed by atoms with Crippen molar-refractivity contribution in [2.75, 3.05) is 13.7 Å². The number of benzene rings is 1. The quantitative estimate of drug-likeness (QED) is 0.823. The molecule has 5 heteroatoms. The highest BCUT2D eigenvalue weighted by Crippen LogP contribution is 2.18. The zero-order valence-corrected chi connectivity index (χ0v) is 10.8. The summed E-state index contributed by atoms with van der Waals surface area (Å²) in [5.74, 6) is 0.498. The average molecular weight is 260 g/mol. The zero-order valence-electron chi connectivity index (χ0n) is 10.0. The summed E-state index contributed by atoms with van der Waals surface area (Å²) in [5.41, 5.74) is 6.75. The van der Waals surface area contributed by atoms with E-state index in [0.717, 1.165) is 11.3 Å². The van der Waals surface area contributed by atoms with Crippen LogP contribution in [0, 0.1) is 0 Å². The molecule has 0 aliphatic carbocycles. The Morgan fingerprint density at radius 3 is 2.41 bits per heavy atom. The van der Waals surface area contributed by atoms with Gasteiger partial charge in [0.1, 0.15) is 5.75 Å². The standard InChI is InChI=1S/C12H17NO3.ClH/c1-3-16-10-6-4-9(5-7-10)11(13)8-12(14)15-2;/h4-7,11H,3,8,13H2,1-2H3;1H/t11-;/m1./s1. The van der Waals surface area contributed by atoms with Crippen LogP contribution in [0.5, 0.6) is 5.75 Å². The molecular weight excluding hydrogens is 242 g/mol. The SMILES string of the molecule is CCOc1ccc([C@H](N)CC(=O)OC)cc1.Cl. The van der Waals surface area contributed by atoms with Crippen LogP contribution in [-0.4, -0.2) is 19.7 Å². The Balaban J connectivity index is 0.00000256. The first-order chi connectivity index (χ1) is 7.67. The van der Waals surface area contributed by atoms with Crippen molar-refractivity contribution in [2.45, 2.75) is 19.4 Å². The Bertz CT molecular complexity index is 340. The molecule has 0 spiro atoms. The highest BCUT2D eigenvalue weighted by Gasteiger charge is 2.11. The molecule has 0 unspecified atom stereocenters. The Morgan fingerprint density at radius 1 is 1.35 bits per heavy atom. The third kappa shape index (κ3) is 5.06. The summed E-state index contributed by atoms with van der Waals surface area (Å²) in [7, 11) is 1.35. The largest absolute Gasteiger partial charge is 0.494 e. The molecule has 96 valence electrons. The second-order valence-corrected chi connectivity index (χ2v) is 3.39. The number of ether oxygens (including phenoxy) is 2. The molecule has 0 saturated heterocycles. The number of rotatable bonds is 5. The second-order valence-electron chi connectivity index (χ2n) is 3.39. The van der Waals surface area contributed by atoms with Gasteiger partial charge in [-0.25, -0.2) is 0 Å². The number of esters is 1. The summed E-state index contributed by atoms with van der Waals surface area (Å²) in [5, 5.41) is 0. The molecule has 0 amide bonds. The van der Waals surface area contributed by atoms with Gasteiger partial charge in [0, 0.05) is 6.04 Å². The maximum Gasteiger partial charge on any atom is 0.307 e. The minimum absolute atomic E-state index is 0. The summed E-state index contributed by atoms with van der Waals surface area (Å²) in [4.78, 5) is 11.0. The molecule has 0 bridgehead atoms. The van der Waals surface area contributed by atoms with Crippen molar-refractivity contribution in [3.8, 4) is 5.75 Å². The summed E-state index contributed by atoms with van der Waals surface area (Å²) in [6.07, 6.45) is 0.185. The van der Waals surface area contributed by atoms with Gasteiger partial charge < -0.3 is 15.2 Å². The molecule has 17 heavy (non-hydrogen) atoms. The van der Waals surface area contributed by atoms with Crippen molar-refractivity contribution >= 4 is 18.4 Å². The van der Waals surface area contributed by atoms with Gasteiger partial charge in [-0.1, -0.05) is 12.1 Å². The highest BCUT2D eigenvalue weighted by atomic mass is 35.5. The number of carbonyl (C=O) groups excluding carboxylic acids is 1. The van der Waals surface area contributed by atoms with Crippen LogP contribution in [0.2, 0.25) is 0 Å². The number of hydrogen-bond donors (Lipinski definition) is 1. The van der Waals surface area contributed by atoms with Gasteiger partial charge in [0.2, 0.25) is 0 Å². The van der Waals surface area contributed by atoms with E-state index < -0.39 is 0 Å². The number of carbonyl (C=O) groups is 1. The summed E-state index contributed by atoms with van der Waals surface area (Å²) >= 11 is 0. The lowest BCUT2D eigenvalue weighted by molar-refractivity contribution is -0.141. The molecule has 0 aromatic heterocycles. The molecule has 1 aromatic rings. The lowest BCUT2D eigenvalue weighted by Crippen LogP contribution is -2.16. The lowest BCUT2D eigenvalue weighted by atomic mass is 10.0. The van der Waals surface area contributed by atoms with E-state index in [4.69, 9.17) is 10.5 Å². The summed E-state index contributed by atoms with van der Waals surface area (Å²) < 4.78 is 9.87. The van der Waals surface area contributed by atoms with Crippen LogP contribution in [0.25, 0.3) is 0 Å². The number of halogens is 1. The highest BCUT2D eigenvalue weighted by molar-refractivity contribution is 5.85. The average Bonchev–Trinajstić information content (AvgIpc) is 2.30. The van der Waals surface area contributed by atoms with Gasteiger partial charge in [0.05, 0.1) is 20.1 Å². The smallest absolute Gasteiger partial charge is 0.307 e. The molecule has 1 rings (SSSR count). The molecule has 2 N–H and O–H groups in total. The zero-order chi connectivity index (χ0) is 12.0. The summed E-state index contributed by atoms with van der Waals surface area (Å²) in [6.45, 7) is 2.56. The summed E-state index contributed by atoms with van der Waals surface area (Å²) in [6, 6.07) is 7.08. The first-order valence-corrected chi connectivity index (χ1v) is 5.22. The minimum atomic E-state index is -0.330. The van der Waals surface area contributed by atoms with Crippen LogP contribution in [0.4, 0.5) is 0 Å². The van der Waals surface area contributed by atoms with Crippen LogP contribution in [0.15, 0.2) is 24.3 Å². The van der Waals surface area contributed by atoms with Gasteiger partial charge in [0.15, 0.2) is 0 Å². The maximum absolute atomic E-state index is 11.0. The Kier molecular flexibility index (Phi) is 7.34. The number of methoxy groups -OCH3 is 1. The molecular formula is C12H18ClNO3. The molecule has 1 aromatic carbocycles. The first kappa shape index (κ1) is 15.7. The monoisotopic (exact) mass is 259 g/mol. The second kappa shape index (κ2) is 7.92. The molecule has 0 heterocycles. The van der Waals surface area contributed by atoms with Gasteiger partial charge in [-0.2, -0.15) is 0 Å². The molecule has 0 radical (unpaired) electrons. The van der Waals surface area contributed by atoms with Crippen molar-refractivity contribution in [2.24, 2.45) is 5.73 Å². The van der Waals surface area contributed by atoms with Crippen LogP contribution in [0.1, 0.15) is 24.9 Å². The van der Waals surface area contributed by atoms with Gasteiger partial charge in [-0.15, -0.1) is 12.4 Å². The van der Waals surface area contributed by atoms with Gasteiger partial charge in [-0.05, 0) is 24.6 Å². The van der Waals surface area contributed by atoms with E-state index in [0.29, 0.717) is 6.61 Å². The first-order valence-electron chi connectivity index (χ1n) is 5.22. The predicted octanol–water partition coefficient (Wildman–Crippen LogP) is 2.07. The molecule has 4 nitrogen and oxygen atoms in total. The predicted molar refractivity (Wildman–Crippen MR) is 68.4 cm³/mol. The van der Waals surface area contributed by atoms with E-state index in [-0.39, 0.29) is 30.8 Å². The Hall–Kier alpha value is -1.26. The van der Waals surface area contributed by atoms with Crippen LogP contribution < -0.4 is 10.5 Å². The van der Waals surface area contributed by atoms with Crippen molar-refractivity contribution in [1.29, 1.82) is 0 Å². The number of hydrogen-bond acceptors (Lipinski definition) is 4. The van der Waals surface area contributed by atoms with Crippen LogP contribution >= 0.6 is 12.4 Å². The van der Waals surface area contributed by atoms with Crippen LogP contribution in [-0.2, 0) is 9.53 Å². The Labute approximate surface area is 108 Å². The van der Waals surface area contributed by atoms with Gasteiger partial charge in [-0.3, -0.25) is 4.79 Å². The Morgan fingerprint density at radius 2 is 1.94 bits per heavy atom. The minimum Gasteiger partial charge on any atom is -0.494 e. The van der Waals surface area contributed by atoms with Gasteiger partial charge >= 0.3 is 5.97 Å². The van der Waals surface area contributed by atoms with Crippen molar-refractivity contribution in [1.82, 2.24) is 0 Å². The molecule has 0 aliphatic heterocycles. The normalized spacial score (nSPS) is 11.2. The van der Waals surface area contributed by atoms with Gasteiger partial charge in [0.25, 0.3) is 0 Å². The third-order valence-electron chi connectivity index (χ3n) is 2.23. The van der Waals surface area contributed by atoms with Crippen molar-refractivity contribution in [3.05, 3.63) is 29.8 Å². The van der Waals surface area contributed by atoms with Crippen LogP contribution in [0.3, 0.4) is 0 Å². The molecule has 0 saturated carbocycles. The fourth-order valence-electron chi connectivity index (χ4n) is 1.36. The van der Waals surface area contributed by atoms with E-state index in [2.05, 4.69) is 4.74 Å². The topological polar surface area (TPSA) is 61.5 Å². The van der Waals surface area contributed by atoms with E-state index in [9.17, 15) is 4.79 Å². The van der Waals surface area contributed by atoms with E-state index in [1.807, 2.05) is 31.2 Å². The number of nitrogens with two attached hydrogens (primary N) is 1. The van der Waals surface area contributed by atoms with E-state index >= 15 is 0 Å². The van der Waals surface area contributed by atoms with Crippen molar-refractivity contribution in [3.63, 3.8) is 0 Å². The third-order valence-corrected chi connectivity index (χ3v) is 2.23. The fraction of sp³-hybridized carbons (Fsp3) is 0.417. The van der Waals surface area contributed by atoms with E-state index in [1.54, 1.807) is 0 Å².